The van der Waals surface area contributed by atoms with Gasteiger partial charge in [-0.25, -0.2) is 8.42 Å². The van der Waals surface area contributed by atoms with Gasteiger partial charge in [-0.05, 0) is 76.6 Å². The fourth-order valence-corrected chi connectivity index (χ4v) is 4.70. The minimum absolute atomic E-state index is 0. The monoisotopic (exact) mass is 564 g/mol. The lowest BCUT2D eigenvalue weighted by atomic mass is 9.90. The van der Waals surface area contributed by atoms with E-state index in [0.717, 1.165) is 31.4 Å². The molecule has 1 heterocycles. The van der Waals surface area contributed by atoms with Crippen LogP contribution in [0.1, 0.15) is 44.6 Å². The molecule has 0 radical (unpaired) electrons. The van der Waals surface area contributed by atoms with Crippen molar-refractivity contribution in [2.75, 3.05) is 45.2 Å². The molecule has 1 aromatic carbocycles. The van der Waals surface area contributed by atoms with Gasteiger partial charge in [0.2, 0.25) is 0 Å². The largest absolute Gasteiger partial charge is 0.356 e. The number of nitrogens with one attached hydrogen (secondary N) is 2. The second kappa shape index (κ2) is 15.1. The molecule has 178 valence electrons. The second-order valence-corrected chi connectivity index (χ2v) is 10.9. The van der Waals surface area contributed by atoms with E-state index in [4.69, 9.17) is 0 Å². The number of sulfone groups is 1. The van der Waals surface area contributed by atoms with Crippen molar-refractivity contribution in [2.24, 2.45) is 10.9 Å². The van der Waals surface area contributed by atoms with Gasteiger partial charge in [-0.15, -0.1) is 24.0 Å². The third-order valence-electron chi connectivity index (χ3n) is 5.80. The van der Waals surface area contributed by atoms with E-state index in [0.29, 0.717) is 6.42 Å². The molecule has 1 aliphatic rings. The van der Waals surface area contributed by atoms with Crippen molar-refractivity contribution in [1.82, 2.24) is 15.5 Å². The zero-order chi connectivity index (χ0) is 21.8. The molecule has 0 aliphatic carbocycles. The Labute approximate surface area is 206 Å². The van der Waals surface area contributed by atoms with E-state index in [1.54, 1.807) is 7.05 Å². The van der Waals surface area contributed by atoms with Crippen molar-refractivity contribution in [1.29, 1.82) is 0 Å². The SMILES string of the molecule is CN=C(NCCCCN1CCC(Cc2ccccc2)CC1)NC(C)CCS(C)(=O)=O.I. The summed E-state index contributed by atoms with van der Waals surface area (Å²) < 4.78 is 22.6. The molecule has 1 fully saturated rings. The molecule has 0 amide bonds. The van der Waals surface area contributed by atoms with Crippen LogP contribution in [0.4, 0.5) is 0 Å². The van der Waals surface area contributed by atoms with Crippen LogP contribution in [0, 0.1) is 5.92 Å². The van der Waals surface area contributed by atoms with Crippen LogP contribution < -0.4 is 10.6 Å². The molecule has 6 nitrogen and oxygen atoms in total. The van der Waals surface area contributed by atoms with Crippen molar-refractivity contribution in [3.8, 4) is 0 Å². The average Bonchev–Trinajstić information content (AvgIpc) is 2.72. The quantitative estimate of drug-likeness (QED) is 0.187. The highest BCUT2D eigenvalue weighted by Gasteiger charge is 2.19. The number of benzene rings is 1. The maximum atomic E-state index is 11.3. The summed E-state index contributed by atoms with van der Waals surface area (Å²) in [6.45, 7) is 6.46. The lowest BCUT2D eigenvalue weighted by molar-refractivity contribution is 0.181. The van der Waals surface area contributed by atoms with E-state index < -0.39 is 9.84 Å². The van der Waals surface area contributed by atoms with Gasteiger partial charge < -0.3 is 15.5 Å². The van der Waals surface area contributed by atoms with Gasteiger partial charge in [-0.3, -0.25) is 4.99 Å². The zero-order valence-electron chi connectivity index (χ0n) is 19.3. The topological polar surface area (TPSA) is 73.8 Å². The molecular weight excluding hydrogens is 523 g/mol. The van der Waals surface area contributed by atoms with Gasteiger partial charge in [0.05, 0.1) is 5.75 Å². The predicted octanol–water partition coefficient (Wildman–Crippen LogP) is 3.33. The fraction of sp³-hybridized carbons (Fsp3) is 0.696. The van der Waals surface area contributed by atoms with Crippen molar-refractivity contribution in [2.45, 2.75) is 51.5 Å². The Morgan fingerprint density at radius 3 is 2.48 bits per heavy atom. The van der Waals surface area contributed by atoms with Gasteiger partial charge in [0.1, 0.15) is 9.84 Å². The number of unbranched alkanes of at least 4 members (excludes halogenated alkanes) is 1. The van der Waals surface area contributed by atoms with Crippen LogP contribution >= 0.6 is 24.0 Å². The third-order valence-corrected chi connectivity index (χ3v) is 6.77. The van der Waals surface area contributed by atoms with E-state index in [1.165, 1.54) is 50.6 Å². The number of guanidine groups is 1. The summed E-state index contributed by atoms with van der Waals surface area (Å²) >= 11 is 0. The van der Waals surface area contributed by atoms with E-state index in [1.807, 2.05) is 6.92 Å². The molecule has 1 unspecified atom stereocenters. The van der Waals surface area contributed by atoms with Crippen molar-refractivity contribution in [3.63, 3.8) is 0 Å². The van der Waals surface area contributed by atoms with Crippen LogP contribution in [0.2, 0.25) is 0 Å². The minimum Gasteiger partial charge on any atom is -0.356 e. The van der Waals surface area contributed by atoms with Gasteiger partial charge in [0.15, 0.2) is 5.96 Å². The van der Waals surface area contributed by atoms with Crippen LogP contribution in [0.3, 0.4) is 0 Å². The highest BCUT2D eigenvalue weighted by Crippen LogP contribution is 2.21. The maximum Gasteiger partial charge on any atom is 0.191 e. The molecule has 2 rings (SSSR count). The summed E-state index contributed by atoms with van der Waals surface area (Å²) in [7, 11) is -1.17. The number of nitrogens with zero attached hydrogens (tertiary/aromatic N) is 2. The Bertz CT molecular complexity index is 735. The Kier molecular flexibility index (Phi) is 13.7. The van der Waals surface area contributed by atoms with Crippen LogP contribution in [-0.2, 0) is 16.3 Å². The summed E-state index contributed by atoms with van der Waals surface area (Å²) in [4.78, 5) is 6.84. The molecule has 0 bridgehead atoms. The molecule has 1 aromatic rings. The van der Waals surface area contributed by atoms with Crippen LogP contribution in [-0.4, -0.2) is 70.6 Å². The molecule has 1 aliphatic heterocycles. The highest BCUT2D eigenvalue weighted by molar-refractivity contribution is 14.0. The first-order chi connectivity index (χ1) is 14.4. The summed E-state index contributed by atoms with van der Waals surface area (Å²) in [5.41, 5.74) is 1.47. The van der Waals surface area contributed by atoms with Crippen LogP contribution in [0.25, 0.3) is 0 Å². The van der Waals surface area contributed by atoms with E-state index >= 15 is 0 Å². The Balaban J connectivity index is 0.00000480. The average molecular weight is 565 g/mol. The van der Waals surface area contributed by atoms with E-state index in [2.05, 4.69) is 50.9 Å². The second-order valence-electron chi connectivity index (χ2n) is 8.64. The molecule has 0 saturated carbocycles. The first-order valence-corrected chi connectivity index (χ1v) is 13.3. The number of likely N-dealkylation sites (tertiary alicyclic amines) is 1. The molecule has 2 N–H and O–H groups in total. The number of hydrogen-bond acceptors (Lipinski definition) is 4. The number of aliphatic imine (C=N–C) groups is 1. The predicted molar refractivity (Wildman–Crippen MR) is 142 cm³/mol. The summed E-state index contributed by atoms with van der Waals surface area (Å²) in [5.74, 6) is 1.77. The third kappa shape index (κ3) is 12.7. The Morgan fingerprint density at radius 1 is 1.19 bits per heavy atom. The number of hydrogen-bond donors (Lipinski definition) is 2. The molecule has 8 heteroatoms. The molecule has 0 spiro atoms. The van der Waals surface area contributed by atoms with Gasteiger partial charge in [-0.2, -0.15) is 0 Å². The lowest BCUT2D eigenvalue weighted by Crippen LogP contribution is -2.43. The number of halogens is 1. The van der Waals surface area contributed by atoms with Crippen LogP contribution in [0.15, 0.2) is 35.3 Å². The van der Waals surface area contributed by atoms with Gasteiger partial charge in [0.25, 0.3) is 0 Å². The van der Waals surface area contributed by atoms with Gasteiger partial charge >= 0.3 is 0 Å². The first kappa shape index (κ1) is 28.2. The van der Waals surface area contributed by atoms with E-state index in [-0.39, 0.29) is 35.8 Å². The van der Waals surface area contributed by atoms with Crippen molar-refractivity contribution in [3.05, 3.63) is 35.9 Å². The van der Waals surface area contributed by atoms with Gasteiger partial charge in [-0.1, -0.05) is 30.3 Å². The van der Waals surface area contributed by atoms with Crippen molar-refractivity contribution < 1.29 is 8.42 Å². The first-order valence-electron chi connectivity index (χ1n) is 11.3. The fourth-order valence-electron chi connectivity index (χ4n) is 3.92. The normalized spacial score (nSPS) is 17.1. The van der Waals surface area contributed by atoms with Crippen molar-refractivity contribution >= 4 is 39.8 Å². The van der Waals surface area contributed by atoms with Crippen LogP contribution in [0.5, 0.6) is 0 Å². The highest BCUT2D eigenvalue weighted by atomic mass is 127. The Hall–Kier alpha value is -0.870. The minimum atomic E-state index is -2.92. The van der Waals surface area contributed by atoms with E-state index in [9.17, 15) is 8.42 Å². The number of piperidine rings is 1. The smallest absolute Gasteiger partial charge is 0.191 e. The zero-order valence-corrected chi connectivity index (χ0v) is 22.5. The molecule has 1 saturated heterocycles. The molecule has 0 aromatic heterocycles. The van der Waals surface area contributed by atoms with Gasteiger partial charge in [0, 0.05) is 25.9 Å². The summed E-state index contributed by atoms with van der Waals surface area (Å²) in [6.07, 6.45) is 7.95. The molecule has 31 heavy (non-hydrogen) atoms. The molecular formula is C23H41IN4O2S. The lowest BCUT2D eigenvalue weighted by Gasteiger charge is -2.32. The molecule has 1 atom stereocenters. The summed E-state index contributed by atoms with van der Waals surface area (Å²) in [6, 6.07) is 10.9. The summed E-state index contributed by atoms with van der Waals surface area (Å²) in [5, 5.41) is 6.61. The maximum absolute atomic E-state index is 11.3. The standard InChI is InChI=1S/C23H40N4O2S.HI/c1-20(13-18-30(3,28)29)26-23(24-2)25-14-7-8-15-27-16-11-22(12-17-27)19-21-9-5-4-6-10-21;/h4-6,9-10,20,22H,7-8,11-19H2,1-3H3,(H2,24,25,26);1H. The Morgan fingerprint density at radius 2 is 1.87 bits per heavy atom. The number of rotatable bonds is 11.